The summed E-state index contributed by atoms with van der Waals surface area (Å²) in [4.78, 5) is 0. The Labute approximate surface area is 159 Å². The van der Waals surface area contributed by atoms with E-state index in [-0.39, 0.29) is 11.0 Å². The van der Waals surface area contributed by atoms with Crippen molar-refractivity contribution in [2.24, 2.45) is 5.41 Å². The van der Waals surface area contributed by atoms with Gasteiger partial charge < -0.3 is 9.84 Å². The lowest BCUT2D eigenvalue weighted by atomic mass is 9.61. The minimum atomic E-state index is -0.813. The smallest absolute Gasteiger partial charge is 0.166 e. The first kappa shape index (κ1) is 18.6. The van der Waals surface area contributed by atoms with Crippen LogP contribution in [-0.2, 0) is 10.3 Å². The van der Waals surface area contributed by atoms with E-state index in [0.29, 0.717) is 11.1 Å². The number of hydrogen-bond donors (Lipinski definition) is 1. The molecule has 0 amide bonds. The first-order valence-electron chi connectivity index (χ1n) is 9.82. The van der Waals surface area contributed by atoms with Gasteiger partial charge >= 0.3 is 0 Å². The number of rotatable bonds is 4. The van der Waals surface area contributed by atoms with E-state index in [1.54, 1.807) is 19.1 Å². The number of aliphatic hydroxyl groups excluding tert-OH is 1. The van der Waals surface area contributed by atoms with Crippen LogP contribution >= 0.6 is 0 Å². The van der Waals surface area contributed by atoms with Crippen molar-refractivity contribution in [3.63, 3.8) is 0 Å². The molecule has 1 atom stereocenters. The Morgan fingerprint density at radius 2 is 1.67 bits per heavy atom. The van der Waals surface area contributed by atoms with Crippen LogP contribution in [0.4, 0.5) is 8.78 Å². The van der Waals surface area contributed by atoms with E-state index in [1.165, 1.54) is 0 Å². The second-order valence-electron chi connectivity index (χ2n) is 8.21. The molecule has 0 spiro atoms. The quantitative estimate of drug-likeness (QED) is 0.730. The van der Waals surface area contributed by atoms with Gasteiger partial charge in [0.15, 0.2) is 17.9 Å². The molecule has 2 bridgehead atoms. The first-order chi connectivity index (χ1) is 12.9. The Kier molecular flexibility index (Phi) is 4.59. The van der Waals surface area contributed by atoms with Crippen LogP contribution in [0.25, 0.3) is 11.1 Å². The van der Waals surface area contributed by atoms with Gasteiger partial charge in [-0.3, -0.25) is 0 Å². The van der Waals surface area contributed by atoms with Crippen LogP contribution in [0.15, 0.2) is 36.4 Å². The van der Waals surface area contributed by atoms with Gasteiger partial charge in [-0.25, -0.2) is 8.78 Å². The standard InChI is InChI=1S/C23H26F2O2/c1-3-10-22-11-13-23(14-12-22,27-21(22)26)17-7-5-16(6-8-17)18-9-4-15(2)19(24)20(18)25/h4-9,21,26H,3,10-14H2,1-2H3. The van der Waals surface area contributed by atoms with Gasteiger partial charge in [0.05, 0.1) is 5.60 Å². The fourth-order valence-electron chi connectivity index (χ4n) is 4.91. The van der Waals surface area contributed by atoms with Crippen LogP contribution in [0.2, 0.25) is 0 Å². The zero-order valence-corrected chi connectivity index (χ0v) is 15.9. The van der Waals surface area contributed by atoms with Gasteiger partial charge in [-0.2, -0.15) is 0 Å². The van der Waals surface area contributed by atoms with Gasteiger partial charge in [-0.15, -0.1) is 0 Å². The molecule has 2 saturated heterocycles. The second-order valence-corrected chi connectivity index (χ2v) is 8.21. The molecule has 2 aromatic rings. The Balaban J connectivity index is 1.62. The van der Waals surface area contributed by atoms with Crippen LogP contribution in [0, 0.1) is 24.0 Å². The summed E-state index contributed by atoms with van der Waals surface area (Å²) in [5.41, 5.74) is 1.64. The van der Waals surface area contributed by atoms with Crippen molar-refractivity contribution in [2.45, 2.75) is 64.3 Å². The Hall–Kier alpha value is -1.78. The van der Waals surface area contributed by atoms with Crippen molar-refractivity contribution in [2.75, 3.05) is 0 Å². The van der Waals surface area contributed by atoms with Crippen LogP contribution in [0.1, 0.15) is 56.6 Å². The fourth-order valence-corrected chi connectivity index (χ4v) is 4.91. The van der Waals surface area contributed by atoms with Gasteiger partial charge in [0.1, 0.15) is 0 Å². The molecule has 3 fully saturated rings. The maximum atomic E-state index is 14.3. The molecule has 1 aliphatic carbocycles. The van der Waals surface area contributed by atoms with Crippen molar-refractivity contribution in [3.8, 4) is 11.1 Å². The van der Waals surface area contributed by atoms with Crippen molar-refractivity contribution in [1.82, 2.24) is 0 Å². The molecule has 0 radical (unpaired) electrons. The van der Waals surface area contributed by atoms with Crippen LogP contribution < -0.4 is 0 Å². The zero-order valence-electron chi connectivity index (χ0n) is 15.9. The van der Waals surface area contributed by atoms with Crippen LogP contribution in [0.5, 0.6) is 0 Å². The molecule has 0 aromatic heterocycles. The number of aliphatic hydroxyl groups is 1. The summed E-state index contributed by atoms with van der Waals surface area (Å²) < 4.78 is 34.3. The lowest BCUT2D eigenvalue weighted by molar-refractivity contribution is -0.314. The number of ether oxygens (including phenoxy) is 1. The van der Waals surface area contributed by atoms with Crippen LogP contribution in [0.3, 0.4) is 0 Å². The van der Waals surface area contributed by atoms with E-state index in [4.69, 9.17) is 4.74 Å². The molecular formula is C23H26F2O2. The Morgan fingerprint density at radius 3 is 2.26 bits per heavy atom. The SMILES string of the molecule is CCCC12CCC(c3ccc(-c4ccc(C)c(F)c4F)cc3)(CC1)OC2O. The second kappa shape index (κ2) is 6.68. The van der Waals surface area contributed by atoms with E-state index in [0.717, 1.165) is 44.1 Å². The van der Waals surface area contributed by atoms with E-state index in [9.17, 15) is 13.9 Å². The molecule has 2 aliphatic heterocycles. The van der Waals surface area contributed by atoms with Gasteiger partial charge in [0.2, 0.25) is 0 Å². The molecule has 2 heterocycles. The number of halogens is 2. The van der Waals surface area contributed by atoms with Gasteiger partial charge in [0.25, 0.3) is 0 Å². The molecular weight excluding hydrogens is 346 g/mol. The highest BCUT2D eigenvalue weighted by atomic mass is 19.2. The third-order valence-corrected chi connectivity index (χ3v) is 6.66. The summed E-state index contributed by atoms with van der Waals surface area (Å²) in [7, 11) is 0. The number of aryl methyl sites for hydroxylation is 1. The highest BCUT2D eigenvalue weighted by Crippen LogP contribution is 2.57. The summed E-state index contributed by atoms with van der Waals surface area (Å²) in [6.07, 6.45) is 4.99. The number of benzene rings is 2. The van der Waals surface area contributed by atoms with Gasteiger partial charge in [0, 0.05) is 11.0 Å². The highest BCUT2D eigenvalue weighted by molar-refractivity contribution is 5.65. The van der Waals surface area contributed by atoms with Crippen molar-refractivity contribution in [3.05, 3.63) is 59.2 Å². The van der Waals surface area contributed by atoms with Crippen molar-refractivity contribution in [1.29, 1.82) is 0 Å². The third-order valence-electron chi connectivity index (χ3n) is 6.66. The van der Waals surface area contributed by atoms with Crippen molar-refractivity contribution < 1.29 is 18.6 Å². The van der Waals surface area contributed by atoms with Crippen molar-refractivity contribution >= 4 is 0 Å². The molecule has 4 heteroatoms. The summed E-state index contributed by atoms with van der Waals surface area (Å²) in [5, 5.41) is 10.6. The molecule has 2 nitrogen and oxygen atoms in total. The maximum Gasteiger partial charge on any atom is 0.166 e. The lowest BCUT2D eigenvalue weighted by Gasteiger charge is -2.56. The largest absolute Gasteiger partial charge is 0.367 e. The molecule has 3 aliphatic rings. The number of fused-ring (bicyclic) bond motifs is 3. The minimum Gasteiger partial charge on any atom is -0.367 e. The van der Waals surface area contributed by atoms with Gasteiger partial charge in [-0.05, 0) is 55.7 Å². The molecule has 27 heavy (non-hydrogen) atoms. The summed E-state index contributed by atoms with van der Waals surface area (Å²) >= 11 is 0. The number of hydrogen-bond acceptors (Lipinski definition) is 2. The van der Waals surface area contributed by atoms with E-state index in [2.05, 4.69) is 6.92 Å². The summed E-state index contributed by atoms with van der Waals surface area (Å²) in [6.45, 7) is 3.70. The first-order valence-corrected chi connectivity index (χ1v) is 9.82. The molecule has 144 valence electrons. The molecule has 1 N–H and O–H groups in total. The van der Waals surface area contributed by atoms with E-state index < -0.39 is 23.5 Å². The average Bonchev–Trinajstić information content (AvgIpc) is 2.68. The maximum absolute atomic E-state index is 14.3. The normalized spacial score (nSPS) is 29.9. The summed E-state index contributed by atoms with van der Waals surface area (Å²) in [5.74, 6) is -1.61. The molecule has 5 rings (SSSR count). The third kappa shape index (κ3) is 2.90. The molecule has 2 aromatic carbocycles. The zero-order chi connectivity index (χ0) is 19.2. The molecule has 1 saturated carbocycles. The monoisotopic (exact) mass is 372 g/mol. The Bertz CT molecular complexity index is 836. The molecule has 1 unspecified atom stereocenters. The van der Waals surface area contributed by atoms with Crippen LogP contribution in [-0.4, -0.2) is 11.4 Å². The van der Waals surface area contributed by atoms with E-state index >= 15 is 0 Å². The predicted octanol–water partition coefficient (Wildman–Crippen LogP) is 5.84. The average molecular weight is 372 g/mol. The Morgan fingerprint density at radius 1 is 1.00 bits per heavy atom. The lowest BCUT2D eigenvalue weighted by Crippen LogP contribution is -2.55. The van der Waals surface area contributed by atoms with Gasteiger partial charge in [-0.1, -0.05) is 49.7 Å². The highest BCUT2D eigenvalue weighted by Gasteiger charge is 2.55. The topological polar surface area (TPSA) is 29.5 Å². The summed E-state index contributed by atoms with van der Waals surface area (Å²) in [6, 6.07) is 10.7. The minimum absolute atomic E-state index is 0.0982. The fraction of sp³-hybridized carbons (Fsp3) is 0.478. The van der Waals surface area contributed by atoms with E-state index in [1.807, 2.05) is 24.3 Å². The predicted molar refractivity (Wildman–Crippen MR) is 101 cm³/mol.